The number of amides is 1. The molecular formula is C47H65N8O17P2S2+. The standard InChI is InChI=1S/C47H64N8O17P2S2/c1-6-53-34-20-18-30(75(64,65)66)25-32(34)46(2,3)37(53)15-14-16-38-47(4,5)33-26-31(76(67,68)69)19-21-35(33)54(38)24-13-9-10-17-39(56)48-22-11-7-8-12-23-49-43-40-44(51-28-50-43)55(29-52-40)45-42(58)41(57)36(71-45)27-70-74(62,63)72-73(59,60)61/h14-16,18-21,25-26,28-29,36,41-42,45,57-58H,6-13,17,22-24,27H2,1-5H3,(H6-,48,49,50,51,56,59,60,61,62,63,64,65,66,67,68,69)/p+1/t36-,41-,42-,45-/m1/s1. The fourth-order valence-corrected chi connectivity index (χ4v) is 12.5. The fraction of sp³-hybridized carbons (Fsp3) is 0.511. The quantitative estimate of drug-likeness (QED) is 0.0179. The maximum Gasteiger partial charge on any atom is 0.481 e. The number of nitrogens with zero attached hydrogens (tertiary/aromatic N) is 6. The van der Waals surface area contributed by atoms with Crippen LogP contribution in [0.1, 0.15) is 103 Å². The van der Waals surface area contributed by atoms with Crippen LogP contribution in [0.25, 0.3) is 11.2 Å². The predicted octanol–water partition coefficient (Wildman–Crippen LogP) is 5.15. The monoisotopic (exact) mass is 1140 g/mol. The molecule has 0 saturated carbocycles. The molecule has 3 aliphatic rings. The summed E-state index contributed by atoms with van der Waals surface area (Å²) in [6.07, 6.45) is 8.29. The van der Waals surface area contributed by atoms with E-state index >= 15 is 0 Å². The predicted molar refractivity (Wildman–Crippen MR) is 277 cm³/mol. The van der Waals surface area contributed by atoms with Crippen LogP contribution in [0.2, 0.25) is 0 Å². The Kier molecular flexibility index (Phi) is 18.0. The molecule has 2 aromatic carbocycles. The molecule has 2 aromatic heterocycles. The van der Waals surface area contributed by atoms with Gasteiger partial charge in [0.05, 0.1) is 28.1 Å². The summed E-state index contributed by atoms with van der Waals surface area (Å²) < 4.78 is 108. The summed E-state index contributed by atoms with van der Waals surface area (Å²) >= 11 is 0. The normalized spacial score (nSPS) is 21.7. The number of rotatable bonds is 25. The zero-order valence-electron chi connectivity index (χ0n) is 42.5. The Labute approximate surface area is 440 Å². The molecule has 25 nitrogen and oxygen atoms in total. The van der Waals surface area contributed by atoms with Crippen molar-refractivity contribution in [2.45, 2.75) is 131 Å². The fourth-order valence-electron chi connectivity index (χ4n) is 9.89. The van der Waals surface area contributed by atoms with Gasteiger partial charge >= 0.3 is 15.6 Å². The van der Waals surface area contributed by atoms with Gasteiger partial charge in [0.25, 0.3) is 20.2 Å². The number of phosphoric ester groups is 1. The van der Waals surface area contributed by atoms with Crippen molar-refractivity contribution in [3.63, 3.8) is 0 Å². The molecule has 4 aromatic rings. The second kappa shape index (κ2) is 23.2. The SMILES string of the molecule is CCN1C(=CC=CC2=[N+](CCCCCC(=O)NCCCCCCNc3ncnc4c3ncn4[C@@H]3O[C@H](COP(=O)(O)OP(=O)(O)O)[C@@H](O)[C@H]3O)c3ccc(S(=O)(=O)O)cc3C2(C)C)C(C)(C)c2cc(S(=O)(=O)O)ccc21. The molecular weight excluding hydrogens is 1070 g/mol. The molecule has 1 saturated heterocycles. The van der Waals surface area contributed by atoms with Gasteiger partial charge in [0.2, 0.25) is 11.6 Å². The van der Waals surface area contributed by atoms with Crippen LogP contribution in [0.15, 0.2) is 82.8 Å². The van der Waals surface area contributed by atoms with E-state index in [1.54, 1.807) is 12.1 Å². The Morgan fingerprint density at radius 3 is 2.18 bits per heavy atom. The Bertz CT molecular complexity index is 3250. The lowest BCUT2D eigenvalue weighted by molar-refractivity contribution is -0.438. The molecule has 1 amide bonds. The van der Waals surface area contributed by atoms with Gasteiger partial charge in [-0.05, 0) is 88.4 Å². The van der Waals surface area contributed by atoms with Gasteiger partial charge in [0, 0.05) is 67.0 Å². The van der Waals surface area contributed by atoms with Gasteiger partial charge in [-0.3, -0.25) is 23.0 Å². The van der Waals surface area contributed by atoms with Crippen molar-refractivity contribution >= 4 is 75.9 Å². The van der Waals surface area contributed by atoms with Crippen LogP contribution in [-0.4, -0.2) is 138 Å². The van der Waals surface area contributed by atoms with Gasteiger partial charge in [0.1, 0.15) is 31.2 Å². The average Bonchev–Trinajstić information content (AvgIpc) is 4.02. The number of ether oxygens (including phenoxy) is 1. The molecule has 5 atom stereocenters. The second-order valence-electron chi connectivity index (χ2n) is 19.7. The van der Waals surface area contributed by atoms with Gasteiger partial charge in [-0.15, -0.1) is 0 Å². The van der Waals surface area contributed by atoms with Crippen LogP contribution in [0.3, 0.4) is 0 Å². The van der Waals surface area contributed by atoms with E-state index in [4.69, 9.17) is 14.5 Å². The molecule has 5 heterocycles. The molecule has 9 N–H and O–H groups in total. The minimum Gasteiger partial charge on any atom is -0.387 e. The zero-order chi connectivity index (χ0) is 55.6. The van der Waals surface area contributed by atoms with Crippen LogP contribution in [-0.2, 0) is 58.6 Å². The van der Waals surface area contributed by atoms with Gasteiger partial charge < -0.3 is 45.2 Å². The number of phosphoric acid groups is 2. The van der Waals surface area contributed by atoms with E-state index in [0.29, 0.717) is 50.4 Å². The molecule has 0 spiro atoms. The molecule has 3 aliphatic heterocycles. The summed E-state index contributed by atoms with van der Waals surface area (Å²) in [4.78, 5) is 54.6. The highest BCUT2D eigenvalue weighted by molar-refractivity contribution is 7.86. The van der Waals surface area contributed by atoms with Gasteiger partial charge in [-0.2, -0.15) is 25.7 Å². The smallest absolute Gasteiger partial charge is 0.387 e. The first-order valence-electron chi connectivity index (χ1n) is 24.5. The highest BCUT2D eigenvalue weighted by atomic mass is 32.2. The average molecular weight is 1140 g/mol. The number of hydrogen-bond acceptors (Lipinski definition) is 17. The van der Waals surface area contributed by atoms with Crippen LogP contribution < -0.4 is 15.5 Å². The second-order valence-corrected chi connectivity index (χ2v) is 25.4. The topological polar surface area (TPSA) is 363 Å². The molecule has 1 unspecified atom stereocenters. The number of carbonyl (C=O) groups excluding carboxylic acids is 1. The summed E-state index contributed by atoms with van der Waals surface area (Å²) in [5.41, 5.74) is 4.23. The number of aliphatic hydroxyl groups is 2. The first kappa shape index (κ1) is 58.8. The third kappa shape index (κ3) is 13.4. The molecule has 7 rings (SSSR count). The summed E-state index contributed by atoms with van der Waals surface area (Å²) in [7, 11) is -19.5. The van der Waals surface area contributed by atoms with E-state index in [-0.39, 0.29) is 21.3 Å². The van der Waals surface area contributed by atoms with E-state index in [9.17, 15) is 55.0 Å². The first-order valence-corrected chi connectivity index (χ1v) is 30.4. The van der Waals surface area contributed by atoms with E-state index in [0.717, 1.165) is 72.4 Å². The number of aromatic nitrogens is 4. The molecule has 76 heavy (non-hydrogen) atoms. The molecule has 1 fully saturated rings. The van der Waals surface area contributed by atoms with Crippen LogP contribution in [0, 0.1) is 0 Å². The van der Waals surface area contributed by atoms with Crippen molar-refractivity contribution in [2.24, 2.45) is 0 Å². The molecule has 0 aliphatic carbocycles. The van der Waals surface area contributed by atoms with Crippen molar-refractivity contribution < 1.29 is 82.9 Å². The first-order chi connectivity index (χ1) is 35.5. The highest BCUT2D eigenvalue weighted by Crippen LogP contribution is 2.58. The van der Waals surface area contributed by atoms with Crippen molar-refractivity contribution in [3.8, 4) is 0 Å². The number of imidazole rings is 1. The van der Waals surface area contributed by atoms with Gasteiger partial charge in [-0.1, -0.05) is 32.8 Å². The van der Waals surface area contributed by atoms with Gasteiger partial charge in [0.15, 0.2) is 28.9 Å². The number of fused-ring (bicyclic) bond motifs is 3. The third-order valence-corrected chi connectivity index (χ3v) is 17.6. The number of likely N-dealkylation sites (N-methyl/N-ethyl adjacent to an activating group) is 1. The largest absolute Gasteiger partial charge is 0.481 e. The van der Waals surface area contributed by atoms with E-state index in [1.165, 1.54) is 41.5 Å². The lowest BCUT2D eigenvalue weighted by atomic mass is 9.81. The van der Waals surface area contributed by atoms with Gasteiger partial charge in [-0.25, -0.2) is 24.1 Å². The lowest BCUT2D eigenvalue weighted by Gasteiger charge is -2.25. The van der Waals surface area contributed by atoms with Crippen LogP contribution in [0.5, 0.6) is 0 Å². The Morgan fingerprint density at radius 1 is 0.855 bits per heavy atom. The Morgan fingerprint density at radius 2 is 1.51 bits per heavy atom. The number of nitrogens with one attached hydrogen (secondary N) is 2. The zero-order valence-corrected chi connectivity index (χ0v) is 45.9. The Balaban J connectivity index is 0.865. The minimum absolute atomic E-state index is 0.0486. The summed E-state index contributed by atoms with van der Waals surface area (Å²) in [5, 5.41) is 27.4. The van der Waals surface area contributed by atoms with Crippen LogP contribution >= 0.6 is 15.6 Å². The summed E-state index contributed by atoms with van der Waals surface area (Å²) in [5.74, 6) is 0.350. The van der Waals surface area contributed by atoms with Crippen molar-refractivity contribution in [2.75, 3.05) is 43.0 Å². The maximum atomic E-state index is 12.8. The third-order valence-electron chi connectivity index (χ3n) is 13.7. The highest BCUT2D eigenvalue weighted by Gasteiger charge is 2.47. The molecule has 0 bridgehead atoms. The number of unbranched alkanes of at least 4 members (excludes halogenated alkanes) is 5. The van der Waals surface area contributed by atoms with Crippen molar-refractivity contribution in [1.82, 2.24) is 24.8 Å². The number of anilines is 2. The number of carbonyl (C=O) groups is 1. The number of aliphatic hydroxyl groups excluding tert-OH is 2. The molecule has 416 valence electrons. The summed E-state index contributed by atoms with van der Waals surface area (Å²) in [6, 6.07) is 9.19. The Hall–Kier alpha value is -4.83. The summed E-state index contributed by atoms with van der Waals surface area (Å²) in [6.45, 7) is 11.3. The number of benzene rings is 2. The number of allylic oxidation sites excluding steroid dienone is 4. The molecule has 0 radical (unpaired) electrons. The van der Waals surface area contributed by atoms with E-state index in [1.807, 2.05) is 52.8 Å². The molecule has 29 heteroatoms. The van der Waals surface area contributed by atoms with Crippen molar-refractivity contribution in [3.05, 3.63) is 84.1 Å². The minimum atomic E-state index is -5.38. The maximum absolute atomic E-state index is 12.8. The van der Waals surface area contributed by atoms with Crippen LogP contribution in [0.4, 0.5) is 17.2 Å². The van der Waals surface area contributed by atoms with Crippen molar-refractivity contribution in [1.29, 1.82) is 0 Å². The number of hydrogen-bond donors (Lipinski definition) is 9. The lowest BCUT2D eigenvalue weighted by Crippen LogP contribution is -2.33. The van der Waals surface area contributed by atoms with E-state index in [2.05, 4.69) is 43.9 Å². The van der Waals surface area contributed by atoms with E-state index < -0.39 is 77.9 Å².